The zero-order valence-electron chi connectivity index (χ0n) is 42.7. The molecule has 3 aliphatic heterocycles. The Labute approximate surface area is 428 Å². The van der Waals surface area contributed by atoms with Crippen LogP contribution in [0.2, 0.25) is 0 Å². The molecular weight excluding hydrogens is 921 g/mol. The van der Waals surface area contributed by atoms with Crippen molar-refractivity contribution in [1.82, 2.24) is 0 Å². The van der Waals surface area contributed by atoms with E-state index >= 15 is 9.59 Å². The number of carbonyl (C=O) groups excluding carboxylic acids is 2. The van der Waals surface area contributed by atoms with E-state index in [1.807, 2.05) is 13.0 Å². The molecule has 3 aliphatic carbocycles. The lowest BCUT2D eigenvalue weighted by Gasteiger charge is -2.48. The summed E-state index contributed by atoms with van der Waals surface area (Å²) in [5, 5.41) is 32.1. The number of benzene rings is 4. The molecule has 0 saturated heterocycles. The van der Waals surface area contributed by atoms with Crippen LogP contribution in [0.4, 0.5) is 0 Å². The van der Waals surface area contributed by atoms with Crippen LogP contribution in [0.1, 0.15) is 166 Å². The van der Waals surface area contributed by atoms with Crippen LogP contribution < -0.4 is 10.4 Å². The fourth-order valence-electron chi connectivity index (χ4n) is 14.0. The molecule has 1 aromatic heterocycles. The number of aliphatic hydroxyl groups excluding tert-OH is 3. The fourth-order valence-corrected chi connectivity index (χ4v) is 14.0. The van der Waals surface area contributed by atoms with Gasteiger partial charge in [0, 0.05) is 48.5 Å². The zero-order valence-corrected chi connectivity index (χ0v) is 42.7. The van der Waals surface area contributed by atoms with Gasteiger partial charge in [0.2, 0.25) is 0 Å². The number of carbonyl (C=O) groups is 2. The van der Waals surface area contributed by atoms with Gasteiger partial charge in [-0.15, -0.1) is 0 Å². The lowest BCUT2D eigenvalue weighted by Crippen LogP contribution is -2.58. The van der Waals surface area contributed by atoms with Crippen LogP contribution in [0.15, 0.2) is 111 Å². The second-order valence-corrected chi connectivity index (χ2v) is 22.3. The highest BCUT2D eigenvalue weighted by Crippen LogP contribution is 2.59. The van der Waals surface area contributed by atoms with Crippen LogP contribution in [0.3, 0.4) is 0 Å². The molecule has 8 unspecified atom stereocenters. The summed E-state index contributed by atoms with van der Waals surface area (Å²) in [5.74, 6) is -1.27. The van der Waals surface area contributed by atoms with Crippen molar-refractivity contribution in [3.63, 3.8) is 0 Å². The summed E-state index contributed by atoms with van der Waals surface area (Å²) in [6.07, 6.45) is 9.25. The molecule has 0 radical (unpaired) electrons. The molecular formula is C62H72O11. The second-order valence-electron chi connectivity index (χ2n) is 22.3. The van der Waals surface area contributed by atoms with E-state index in [2.05, 4.69) is 72.8 Å². The van der Waals surface area contributed by atoms with E-state index in [1.165, 1.54) is 23.8 Å². The minimum atomic E-state index is -1.30. The monoisotopic (exact) mass is 993 g/mol. The number of ether oxygens (including phenoxy) is 4. The van der Waals surface area contributed by atoms with E-state index in [1.54, 1.807) is 19.1 Å². The average molecular weight is 993 g/mol. The molecule has 3 saturated carbocycles. The third-order valence-electron chi connectivity index (χ3n) is 17.9. The van der Waals surface area contributed by atoms with Crippen molar-refractivity contribution < 1.29 is 48.3 Å². The Bertz CT molecular complexity index is 2870. The van der Waals surface area contributed by atoms with Crippen molar-refractivity contribution in [3.05, 3.63) is 157 Å². The number of aliphatic hydroxyl groups is 3. The highest BCUT2D eigenvalue weighted by Gasteiger charge is 2.60. The largest absolute Gasteiger partial charge is 0.483 e. The third-order valence-corrected chi connectivity index (χ3v) is 17.9. The summed E-state index contributed by atoms with van der Waals surface area (Å²) < 4.78 is 32.9. The Morgan fingerprint density at radius 3 is 2.36 bits per heavy atom. The van der Waals surface area contributed by atoms with E-state index in [0.29, 0.717) is 40.7 Å². The second kappa shape index (κ2) is 21.7. The topological polar surface area (TPSA) is 162 Å². The summed E-state index contributed by atoms with van der Waals surface area (Å²) in [7, 11) is 1.51. The molecule has 11 heteroatoms. The molecule has 0 amide bonds. The number of aryl methyl sites for hydroxylation is 1. The van der Waals surface area contributed by atoms with Gasteiger partial charge >= 0.3 is 17.6 Å². The quantitative estimate of drug-likeness (QED) is 0.0656. The number of methoxy groups -OCH3 is 1. The molecule has 11 nitrogen and oxygen atoms in total. The summed E-state index contributed by atoms with van der Waals surface area (Å²) in [6, 6.07) is 31.5. The van der Waals surface area contributed by atoms with Gasteiger partial charge in [0.05, 0.1) is 25.4 Å². The molecule has 386 valence electrons. The van der Waals surface area contributed by atoms with E-state index in [9.17, 15) is 20.1 Å². The Kier molecular flexibility index (Phi) is 15.1. The zero-order chi connectivity index (χ0) is 50.9. The third kappa shape index (κ3) is 10.2. The first-order valence-corrected chi connectivity index (χ1v) is 26.9. The lowest BCUT2D eigenvalue weighted by atomic mass is 9.68. The number of esters is 2. The van der Waals surface area contributed by atoms with Gasteiger partial charge in [0.25, 0.3) is 0 Å². The summed E-state index contributed by atoms with van der Waals surface area (Å²) in [4.78, 5) is 44.9. The first kappa shape index (κ1) is 50.9. The van der Waals surface area contributed by atoms with Crippen molar-refractivity contribution in [2.75, 3.05) is 26.9 Å². The normalized spacial score (nSPS) is 27.2. The lowest BCUT2D eigenvalue weighted by molar-refractivity contribution is -0.199. The Balaban J connectivity index is 1.11. The van der Waals surface area contributed by atoms with Gasteiger partial charge in [-0.1, -0.05) is 91.7 Å². The molecule has 3 fully saturated rings. The van der Waals surface area contributed by atoms with E-state index < -0.39 is 47.9 Å². The number of rotatable bonds is 11. The molecule has 73 heavy (non-hydrogen) atoms. The van der Waals surface area contributed by atoms with Crippen molar-refractivity contribution in [2.45, 2.75) is 152 Å². The number of fused-ring (bicyclic) bond motifs is 11. The van der Waals surface area contributed by atoms with Crippen LogP contribution in [0.5, 0.6) is 5.75 Å². The first-order valence-electron chi connectivity index (χ1n) is 26.9. The number of hydrogen-bond acceptors (Lipinski definition) is 11. The molecule has 3 N–H and O–H groups in total. The van der Waals surface area contributed by atoms with Gasteiger partial charge in [-0.2, -0.15) is 0 Å². The highest BCUT2D eigenvalue weighted by molar-refractivity contribution is 5.90. The van der Waals surface area contributed by atoms with Gasteiger partial charge in [0.1, 0.15) is 16.9 Å². The Morgan fingerprint density at radius 2 is 1.62 bits per heavy atom. The van der Waals surface area contributed by atoms with Crippen LogP contribution in [0.25, 0.3) is 11.0 Å². The van der Waals surface area contributed by atoms with Crippen molar-refractivity contribution in [1.29, 1.82) is 0 Å². The van der Waals surface area contributed by atoms with Gasteiger partial charge in [0.15, 0.2) is 12.2 Å². The van der Waals surface area contributed by atoms with Gasteiger partial charge in [-0.05, 0) is 165 Å². The van der Waals surface area contributed by atoms with E-state index in [0.717, 1.165) is 81.8 Å². The minimum absolute atomic E-state index is 0.0654. The van der Waals surface area contributed by atoms with Gasteiger partial charge in [-0.3, -0.25) is 4.79 Å². The maximum Gasteiger partial charge on any atom is 0.340 e. The predicted octanol–water partition coefficient (Wildman–Crippen LogP) is 11.0. The molecule has 11 rings (SSSR count). The first-order chi connectivity index (χ1) is 35.4. The van der Waals surface area contributed by atoms with Crippen molar-refractivity contribution in [2.24, 2.45) is 17.3 Å². The molecule has 2 bridgehead atoms. The number of hydrogen-bond donors (Lipinski definition) is 3. The van der Waals surface area contributed by atoms with Crippen molar-refractivity contribution in [3.8, 4) is 5.75 Å². The molecule has 8 atom stereocenters. The van der Waals surface area contributed by atoms with Gasteiger partial charge in [-0.25, -0.2) is 9.59 Å². The van der Waals surface area contributed by atoms with E-state index in [4.69, 9.17) is 23.4 Å². The van der Waals surface area contributed by atoms with Crippen LogP contribution >= 0.6 is 0 Å². The van der Waals surface area contributed by atoms with Gasteiger partial charge < -0.3 is 38.7 Å². The van der Waals surface area contributed by atoms with E-state index in [-0.39, 0.29) is 78.5 Å². The molecule has 4 heterocycles. The maximum absolute atomic E-state index is 15.4. The fraction of sp³-hybridized carbons (Fsp3) is 0.500. The molecule has 1 spiro atoms. The molecule has 4 aromatic carbocycles. The SMILES string of the molecule is COCC(CCO)c1c(CO)c2ccc3c(c2oc1=O)C1OC(=O)CC2CC(c4cccc(Cc5ccccc5)c4)CCC2c2ccc(cc2)CCC(=C(C)CO)C(=O)OC1C(C)(C1CCC2(CCCC2)C1)O3. The smallest absolute Gasteiger partial charge is 0.340 e. The summed E-state index contributed by atoms with van der Waals surface area (Å²) in [6.45, 7) is 2.73. The highest BCUT2D eigenvalue weighted by atomic mass is 16.6. The average Bonchev–Trinajstić information content (AvgIpc) is 4.06. The van der Waals surface area contributed by atoms with Crippen LogP contribution in [-0.4, -0.2) is 65.9 Å². The predicted molar refractivity (Wildman–Crippen MR) is 278 cm³/mol. The Hall–Kier alpha value is -5.59. The maximum atomic E-state index is 15.4. The Morgan fingerprint density at radius 1 is 0.836 bits per heavy atom. The van der Waals surface area contributed by atoms with Crippen LogP contribution in [-0.2, 0) is 43.2 Å². The molecule has 5 aromatic rings. The summed E-state index contributed by atoms with van der Waals surface area (Å²) >= 11 is 0. The van der Waals surface area contributed by atoms with Crippen molar-refractivity contribution >= 4 is 22.9 Å². The van der Waals surface area contributed by atoms with Crippen LogP contribution in [0, 0.1) is 17.3 Å². The summed E-state index contributed by atoms with van der Waals surface area (Å²) in [5.41, 5.74) is 5.82. The molecule has 6 aliphatic rings. The minimum Gasteiger partial charge on any atom is -0.483 e. The standard InChI is InChI=1S/C62H72O11/c1-38(35-64)48-20-16-39-14-17-42(18-15-39)49-21-19-44(43-13-9-12-41(31-43)30-40-10-5-4-6-11-40)32-46(49)33-53(66)70-57-55-52(23-22-50-51(36-65)54(60(68)71-56(50)55)45(25-29-63)37-69-3)73-61(2,58(57)72-59(48)67)47-24-28-62(34-47)26-7-8-27-62/h4-6,9-15,17-18,22-23,31,44-47,49,57-58,63-65H,7-8,16,19-21,24-30,32-37H2,1-3H3.